The van der Waals surface area contributed by atoms with Gasteiger partial charge >= 0.3 is 6.03 Å². The summed E-state index contributed by atoms with van der Waals surface area (Å²) in [6.45, 7) is 2.86. The molecule has 26 heavy (non-hydrogen) atoms. The monoisotopic (exact) mass is 354 g/mol. The molecule has 1 N–H and O–H groups in total. The number of hydrogen-bond acceptors (Lipinski definition) is 3. The van der Waals surface area contributed by atoms with Crippen LogP contribution in [-0.2, 0) is 11.3 Å². The molecule has 5 heteroatoms. The molecular weight excluding hydrogens is 328 g/mol. The molecule has 1 fully saturated rings. The van der Waals surface area contributed by atoms with Gasteiger partial charge in [-0.25, -0.2) is 4.79 Å². The van der Waals surface area contributed by atoms with Crippen molar-refractivity contribution in [1.82, 2.24) is 4.90 Å². The smallest absolute Gasteiger partial charge is 0.322 e. The van der Waals surface area contributed by atoms with Gasteiger partial charge in [0, 0.05) is 26.3 Å². The van der Waals surface area contributed by atoms with E-state index in [9.17, 15) is 4.79 Å². The number of hydrogen-bond donors (Lipinski definition) is 1. The molecule has 0 aromatic heterocycles. The van der Waals surface area contributed by atoms with Gasteiger partial charge in [0.2, 0.25) is 0 Å². The third-order valence-electron chi connectivity index (χ3n) is 4.67. The molecule has 1 aliphatic rings. The quantitative estimate of drug-likeness (QED) is 0.847. The van der Waals surface area contributed by atoms with Crippen molar-refractivity contribution in [3.05, 3.63) is 60.2 Å². The van der Waals surface area contributed by atoms with Crippen molar-refractivity contribution in [2.45, 2.75) is 19.4 Å². The number of amides is 2. The number of carbonyl (C=O) groups is 1. The van der Waals surface area contributed by atoms with Gasteiger partial charge in [0.25, 0.3) is 0 Å². The van der Waals surface area contributed by atoms with E-state index in [0.29, 0.717) is 23.9 Å². The molecule has 1 heterocycles. The Morgan fingerprint density at radius 2 is 1.81 bits per heavy atom. The number of methoxy groups -OCH3 is 1. The van der Waals surface area contributed by atoms with Gasteiger partial charge < -0.3 is 19.7 Å². The van der Waals surface area contributed by atoms with E-state index in [1.807, 2.05) is 59.5 Å². The molecule has 0 bridgehead atoms. The van der Waals surface area contributed by atoms with Crippen LogP contribution in [0.2, 0.25) is 0 Å². The minimum Gasteiger partial charge on any atom is -0.495 e. The lowest BCUT2D eigenvalue weighted by Crippen LogP contribution is -2.39. The molecule has 138 valence electrons. The Balaban J connectivity index is 1.73. The van der Waals surface area contributed by atoms with Crippen molar-refractivity contribution < 1.29 is 14.3 Å². The standard InChI is InChI=1S/C21H26N2O3/c1-25-20-10-6-5-9-19(20)22-21(24)23(15-17-7-3-2-4-8-17)16-18-11-13-26-14-12-18/h2-10,18H,11-16H2,1H3,(H,22,24). The van der Waals surface area contributed by atoms with Crippen LogP contribution in [0.4, 0.5) is 10.5 Å². The number of anilines is 1. The number of rotatable bonds is 6. The van der Waals surface area contributed by atoms with Crippen LogP contribution in [-0.4, -0.2) is 37.8 Å². The molecule has 1 aliphatic heterocycles. The average Bonchev–Trinajstić information content (AvgIpc) is 2.69. The van der Waals surface area contributed by atoms with Crippen molar-refractivity contribution in [3.8, 4) is 5.75 Å². The van der Waals surface area contributed by atoms with Gasteiger partial charge in [-0.05, 0) is 36.5 Å². The van der Waals surface area contributed by atoms with E-state index in [1.54, 1.807) is 7.11 Å². The maximum absolute atomic E-state index is 13.0. The van der Waals surface area contributed by atoms with Crippen molar-refractivity contribution in [1.29, 1.82) is 0 Å². The SMILES string of the molecule is COc1ccccc1NC(=O)N(Cc1ccccc1)CC1CCOCC1. The van der Waals surface area contributed by atoms with Gasteiger partial charge in [-0.3, -0.25) is 0 Å². The molecule has 3 rings (SSSR count). The normalized spacial score (nSPS) is 14.7. The Kier molecular flexibility index (Phi) is 6.50. The fourth-order valence-electron chi connectivity index (χ4n) is 3.21. The zero-order chi connectivity index (χ0) is 18.2. The first-order chi connectivity index (χ1) is 12.8. The van der Waals surface area contributed by atoms with E-state index < -0.39 is 0 Å². The van der Waals surface area contributed by atoms with E-state index in [4.69, 9.17) is 9.47 Å². The van der Waals surface area contributed by atoms with Crippen LogP contribution in [0.15, 0.2) is 54.6 Å². The van der Waals surface area contributed by atoms with Crippen LogP contribution in [0.5, 0.6) is 5.75 Å². The fraction of sp³-hybridized carbons (Fsp3) is 0.381. The molecule has 0 radical (unpaired) electrons. The second kappa shape index (κ2) is 9.25. The van der Waals surface area contributed by atoms with Crippen molar-refractivity contribution in [3.63, 3.8) is 0 Å². The summed E-state index contributed by atoms with van der Waals surface area (Å²) in [5, 5.41) is 3.00. The summed E-state index contributed by atoms with van der Waals surface area (Å²) in [6, 6.07) is 17.4. The number of para-hydroxylation sites is 2. The summed E-state index contributed by atoms with van der Waals surface area (Å²) in [6.07, 6.45) is 1.99. The lowest BCUT2D eigenvalue weighted by Gasteiger charge is -2.30. The molecule has 2 amide bonds. The molecular formula is C21H26N2O3. The molecule has 2 aromatic carbocycles. The zero-order valence-corrected chi connectivity index (χ0v) is 15.2. The summed E-state index contributed by atoms with van der Waals surface area (Å²) in [5.74, 6) is 1.13. The summed E-state index contributed by atoms with van der Waals surface area (Å²) in [4.78, 5) is 14.9. The lowest BCUT2D eigenvalue weighted by molar-refractivity contribution is 0.0564. The third-order valence-corrected chi connectivity index (χ3v) is 4.67. The predicted molar refractivity (Wildman–Crippen MR) is 102 cm³/mol. The number of nitrogens with one attached hydrogen (secondary N) is 1. The van der Waals surface area contributed by atoms with Crippen molar-refractivity contribution >= 4 is 11.7 Å². The van der Waals surface area contributed by atoms with Crippen LogP contribution in [0.1, 0.15) is 18.4 Å². The Morgan fingerprint density at radius 3 is 2.54 bits per heavy atom. The van der Waals surface area contributed by atoms with Crippen LogP contribution in [0.3, 0.4) is 0 Å². The minimum atomic E-state index is -0.107. The van der Waals surface area contributed by atoms with Gasteiger partial charge in [0.15, 0.2) is 0 Å². The van der Waals surface area contributed by atoms with Gasteiger partial charge in [0.05, 0.1) is 12.8 Å². The van der Waals surface area contributed by atoms with E-state index in [1.165, 1.54) is 0 Å². The van der Waals surface area contributed by atoms with Gasteiger partial charge in [0.1, 0.15) is 5.75 Å². The van der Waals surface area contributed by atoms with E-state index in [2.05, 4.69) is 5.32 Å². The molecule has 2 aromatic rings. The highest BCUT2D eigenvalue weighted by molar-refractivity contribution is 5.91. The maximum Gasteiger partial charge on any atom is 0.322 e. The number of ether oxygens (including phenoxy) is 2. The van der Waals surface area contributed by atoms with E-state index in [-0.39, 0.29) is 6.03 Å². The zero-order valence-electron chi connectivity index (χ0n) is 15.2. The largest absolute Gasteiger partial charge is 0.495 e. The Morgan fingerprint density at radius 1 is 1.12 bits per heavy atom. The van der Waals surface area contributed by atoms with E-state index in [0.717, 1.165) is 38.2 Å². The Hall–Kier alpha value is -2.53. The van der Waals surface area contributed by atoms with Crippen molar-refractivity contribution in [2.24, 2.45) is 5.92 Å². The van der Waals surface area contributed by atoms with Crippen LogP contribution < -0.4 is 10.1 Å². The Bertz CT molecular complexity index is 699. The molecule has 5 nitrogen and oxygen atoms in total. The maximum atomic E-state index is 13.0. The molecule has 1 saturated heterocycles. The summed E-state index contributed by atoms with van der Waals surface area (Å²) in [5.41, 5.74) is 1.81. The predicted octanol–water partition coefficient (Wildman–Crippen LogP) is 4.16. The number of carbonyl (C=O) groups excluding carboxylic acids is 1. The van der Waals surface area contributed by atoms with Gasteiger partial charge in [-0.15, -0.1) is 0 Å². The highest BCUT2D eigenvalue weighted by Gasteiger charge is 2.22. The molecule has 0 saturated carbocycles. The Labute approximate surface area is 154 Å². The summed E-state index contributed by atoms with van der Waals surface area (Å²) < 4.78 is 10.8. The third kappa shape index (κ3) is 4.99. The summed E-state index contributed by atoms with van der Waals surface area (Å²) >= 11 is 0. The first-order valence-electron chi connectivity index (χ1n) is 9.07. The summed E-state index contributed by atoms with van der Waals surface area (Å²) in [7, 11) is 1.61. The van der Waals surface area contributed by atoms with Crippen molar-refractivity contribution in [2.75, 3.05) is 32.2 Å². The van der Waals surface area contributed by atoms with Gasteiger partial charge in [-0.2, -0.15) is 0 Å². The number of benzene rings is 2. The van der Waals surface area contributed by atoms with Crippen LogP contribution in [0, 0.1) is 5.92 Å². The van der Waals surface area contributed by atoms with Gasteiger partial charge in [-0.1, -0.05) is 42.5 Å². The van der Waals surface area contributed by atoms with Crippen LogP contribution >= 0.6 is 0 Å². The van der Waals surface area contributed by atoms with E-state index >= 15 is 0 Å². The minimum absolute atomic E-state index is 0.107. The highest BCUT2D eigenvalue weighted by atomic mass is 16.5. The number of urea groups is 1. The molecule has 0 aliphatic carbocycles. The molecule has 0 atom stereocenters. The number of nitrogens with zero attached hydrogens (tertiary/aromatic N) is 1. The average molecular weight is 354 g/mol. The molecule has 0 spiro atoms. The molecule has 0 unspecified atom stereocenters. The second-order valence-electron chi connectivity index (χ2n) is 6.55. The first kappa shape index (κ1) is 18.3. The lowest BCUT2D eigenvalue weighted by atomic mass is 9.99. The first-order valence-corrected chi connectivity index (χ1v) is 9.07. The topological polar surface area (TPSA) is 50.8 Å². The van der Waals surface area contributed by atoms with Crippen LogP contribution in [0.25, 0.3) is 0 Å². The fourth-order valence-corrected chi connectivity index (χ4v) is 3.21. The second-order valence-corrected chi connectivity index (χ2v) is 6.55. The highest BCUT2D eigenvalue weighted by Crippen LogP contribution is 2.24.